The SMILES string of the molecule is CC(=O)N1CCN(Cn2nc3n(C)c(=O)c4ccccc4n3c2=S)CC1. The molecule has 0 atom stereocenters. The zero-order valence-corrected chi connectivity index (χ0v) is 15.6. The third-order valence-electron chi connectivity index (χ3n) is 4.95. The minimum atomic E-state index is -0.0877. The van der Waals surface area contributed by atoms with Crippen LogP contribution in [0.1, 0.15) is 6.92 Å². The van der Waals surface area contributed by atoms with Crippen molar-refractivity contribution < 1.29 is 4.79 Å². The summed E-state index contributed by atoms with van der Waals surface area (Å²) in [6.07, 6.45) is 0. The average Bonchev–Trinajstić information content (AvgIpc) is 2.97. The largest absolute Gasteiger partial charge is 0.340 e. The summed E-state index contributed by atoms with van der Waals surface area (Å²) in [6.45, 7) is 5.09. The number of benzene rings is 1. The van der Waals surface area contributed by atoms with Crippen LogP contribution >= 0.6 is 12.2 Å². The molecule has 1 fully saturated rings. The number of rotatable bonds is 2. The normalized spacial score (nSPS) is 15.8. The number of amides is 1. The van der Waals surface area contributed by atoms with Gasteiger partial charge in [0.1, 0.15) is 0 Å². The molecule has 9 heteroatoms. The molecule has 26 heavy (non-hydrogen) atoms. The standard InChI is InChI=1S/C17H20N6O2S/c1-12(24)21-9-7-20(8-10-21)11-22-17(26)23-14-6-4-3-5-13(14)15(25)19(2)16(23)18-22/h3-6H,7-11H2,1-2H3. The highest BCUT2D eigenvalue weighted by Crippen LogP contribution is 2.14. The van der Waals surface area contributed by atoms with E-state index >= 15 is 0 Å². The molecule has 0 bridgehead atoms. The van der Waals surface area contributed by atoms with Crippen LogP contribution in [-0.2, 0) is 18.5 Å². The van der Waals surface area contributed by atoms with Gasteiger partial charge in [-0.25, -0.2) is 4.68 Å². The van der Waals surface area contributed by atoms with Gasteiger partial charge in [-0.15, -0.1) is 5.10 Å². The molecular formula is C17H20N6O2S. The lowest BCUT2D eigenvalue weighted by molar-refractivity contribution is -0.130. The van der Waals surface area contributed by atoms with Crippen LogP contribution in [0.25, 0.3) is 16.7 Å². The zero-order valence-electron chi connectivity index (χ0n) is 14.8. The van der Waals surface area contributed by atoms with Gasteiger partial charge in [-0.1, -0.05) is 12.1 Å². The van der Waals surface area contributed by atoms with E-state index < -0.39 is 0 Å². The van der Waals surface area contributed by atoms with E-state index in [1.807, 2.05) is 27.5 Å². The van der Waals surface area contributed by atoms with E-state index in [1.54, 1.807) is 24.7 Å². The quantitative estimate of drug-likeness (QED) is 0.624. The molecule has 0 saturated carbocycles. The molecule has 0 N–H and O–H groups in total. The summed E-state index contributed by atoms with van der Waals surface area (Å²) < 4.78 is 5.68. The Kier molecular flexibility index (Phi) is 4.12. The summed E-state index contributed by atoms with van der Waals surface area (Å²) in [4.78, 5) is 28.1. The molecule has 1 aliphatic rings. The zero-order chi connectivity index (χ0) is 18.4. The second-order valence-corrected chi connectivity index (χ2v) is 6.93. The molecular weight excluding hydrogens is 352 g/mol. The fraction of sp³-hybridized carbons (Fsp3) is 0.412. The van der Waals surface area contributed by atoms with Crippen LogP contribution in [-0.4, -0.2) is 60.6 Å². The van der Waals surface area contributed by atoms with Gasteiger partial charge in [0.05, 0.1) is 17.6 Å². The van der Waals surface area contributed by atoms with Gasteiger partial charge in [-0.2, -0.15) is 0 Å². The predicted molar refractivity (Wildman–Crippen MR) is 101 cm³/mol. The van der Waals surface area contributed by atoms with Crippen LogP contribution in [0.5, 0.6) is 0 Å². The van der Waals surface area contributed by atoms with Gasteiger partial charge in [0, 0.05) is 40.2 Å². The maximum Gasteiger partial charge on any atom is 0.262 e. The first kappa shape index (κ1) is 16.9. The molecule has 3 heterocycles. The highest BCUT2D eigenvalue weighted by Gasteiger charge is 2.20. The van der Waals surface area contributed by atoms with Crippen molar-refractivity contribution in [1.29, 1.82) is 0 Å². The molecule has 1 aliphatic heterocycles. The maximum absolute atomic E-state index is 12.6. The fourth-order valence-electron chi connectivity index (χ4n) is 3.43. The third kappa shape index (κ3) is 2.63. The van der Waals surface area contributed by atoms with Gasteiger partial charge in [0.2, 0.25) is 16.5 Å². The summed E-state index contributed by atoms with van der Waals surface area (Å²) in [7, 11) is 1.71. The van der Waals surface area contributed by atoms with Gasteiger partial charge in [0.15, 0.2) is 0 Å². The Morgan fingerprint density at radius 3 is 2.58 bits per heavy atom. The number of carbonyl (C=O) groups excluding carboxylic acids is 1. The molecule has 136 valence electrons. The van der Waals surface area contributed by atoms with Gasteiger partial charge in [-0.3, -0.25) is 23.5 Å². The second-order valence-electron chi connectivity index (χ2n) is 6.56. The van der Waals surface area contributed by atoms with Crippen LogP contribution in [0.2, 0.25) is 0 Å². The molecule has 8 nitrogen and oxygen atoms in total. The summed E-state index contributed by atoms with van der Waals surface area (Å²) >= 11 is 5.65. The first-order chi connectivity index (χ1) is 12.5. The van der Waals surface area contributed by atoms with Crippen molar-refractivity contribution in [2.45, 2.75) is 13.6 Å². The smallest absolute Gasteiger partial charge is 0.262 e. The van der Waals surface area contributed by atoms with E-state index in [9.17, 15) is 9.59 Å². The van der Waals surface area contributed by atoms with Crippen LogP contribution in [0, 0.1) is 4.77 Å². The Hall–Kier alpha value is -2.52. The van der Waals surface area contributed by atoms with Gasteiger partial charge < -0.3 is 4.90 Å². The minimum absolute atomic E-state index is 0.0877. The lowest BCUT2D eigenvalue weighted by Gasteiger charge is -2.33. The first-order valence-corrected chi connectivity index (χ1v) is 8.93. The molecule has 0 unspecified atom stereocenters. The number of piperazine rings is 1. The molecule has 0 spiro atoms. The lowest BCUT2D eigenvalue weighted by Crippen LogP contribution is -2.48. The highest BCUT2D eigenvalue weighted by atomic mass is 32.1. The Bertz CT molecular complexity index is 1120. The van der Waals surface area contributed by atoms with Crippen molar-refractivity contribution in [3.05, 3.63) is 39.4 Å². The maximum atomic E-state index is 12.6. The average molecular weight is 372 g/mol. The van der Waals surface area contributed by atoms with Gasteiger partial charge in [0.25, 0.3) is 5.56 Å². The van der Waals surface area contributed by atoms with Gasteiger partial charge >= 0.3 is 0 Å². The molecule has 1 aromatic carbocycles. The summed E-state index contributed by atoms with van der Waals surface area (Å²) in [6, 6.07) is 7.42. The minimum Gasteiger partial charge on any atom is -0.340 e. The molecule has 0 radical (unpaired) electrons. The molecule has 4 rings (SSSR count). The number of carbonyl (C=O) groups is 1. The number of hydrogen-bond acceptors (Lipinski definition) is 5. The van der Waals surface area contributed by atoms with Crippen LogP contribution < -0.4 is 5.56 Å². The van der Waals surface area contributed by atoms with E-state index in [1.165, 1.54) is 4.57 Å². The second kappa shape index (κ2) is 6.33. The van der Waals surface area contributed by atoms with E-state index in [0.717, 1.165) is 18.6 Å². The van der Waals surface area contributed by atoms with Crippen molar-refractivity contribution in [3.63, 3.8) is 0 Å². The highest BCUT2D eigenvalue weighted by molar-refractivity contribution is 7.71. The number of aromatic nitrogens is 4. The summed E-state index contributed by atoms with van der Waals surface area (Å²) in [5, 5.41) is 5.21. The van der Waals surface area contributed by atoms with Crippen molar-refractivity contribution in [2.24, 2.45) is 7.05 Å². The molecule has 1 amide bonds. The third-order valence-corrected chi connectivity index (χ3v) is 5.35. The topological polar surface area (TPSA) is 67.8 Å². The number of aryl methyl sites for hydroxylation is 1. The van der Waals surface area contributed by atoms with Crippen molar-refractivity contribution in [3.8, 4) is 0 Å². The summed E-state index contributed by atoms with van der Waals surface area (Å²) in [5.41, 5.74) is 0.679. The van der Waals surface area contributed by atoms with Gasteiger partial charge in [-0.05, 0) is 24.4 Å². The van der Waals surface area contributed by atoms with E-state index in [0.29, 0.717) is 35.7 Å². The Morgan fingerprint density at radius 1 is 1.19 bits per heavy atom. The molecule has 0 aliphatic carbocycles. The van der Waals surface area contributed by atoms with Crippen LogP contribution in [0.3, 0.4) is 0 Å². The number of nitrogens with zero attached hydrogens (tertiary/aromatic N) is 6. The van der Waals surface area contributed by atoms with Crippen molar-refractivity contribution in [2.75, 3.05) is 26.2 Å². The van der Waals surface area contributed by atoms with E-state index in [2.05, 4.69) is 10.00 Å². The molecule has 3 aromatic rings. The van der Waals surface area contributed by atoms with Crippen molar-refractivity contribution >= 4 is 34.8 Å². The number of hydrogen-bond donors (Lipinski definition) is 0. The monoisotopic (exact) mass is 372 g/mol. The summed E-state index contributed by atoms with van der Waals surface area (Å²) in [5.74, 6) is 0.636. The van der Waals surface area contributed by atoms with Crippen LogP contribution in [0.4, 0.5) is 0 Å². The number of fused-ring (bicyclic) bond motifs is 3. The Labute approximate surface area is 154 Å². The lowest BCUT2D eigenvalue weighted by atomic mass is 10.2. The Morgan fingerprint density at radius 2 is 1.88 bits per heavy atom. The predicted octanol–water partition coefficient (Wildman–Crippen LogP) is 0.839. The van der Waals surface area contributed by atoms with E-state index in [-0.39, 0.29) is 11.5 Å². The van der Waals surface area contributed by atoms with E-state index in [4.69, 9.17) is 12.2 Å². The van der Waals surface area contributed by atoms with Crippen LogP contribution in [0.15, 0.2) is 29.1 Å². The Balaban J connectivity index is 1.74. The first-order valence-electron chi connectivity index (χ1n) is 8.52. The molecule has 1 saturated heterocycles. The van der Waals surface area contributed by atoms with Crippen molar-refractivity contribution in [1.82, 2.24) is 28.5 Å². The fourth-order valence-corrected chi connectivity index (χ4v) is 3.71. The molecule has 2 aromatic heterocycles. The number of para-hydroxylation sites is 1.